The number of ether oxygens (including phenoxy) is 1. The smallest absolute Gasteiger partial charge is 0.0684 e. The number of hydrogen-bond donors (Lipinski definition) is 1. The maximum absolute atomic E-state index is 5.91. The zero-order chi connectivity index (χ0) is 12.3. The quantitative estimate of drug-likeness (QED) is 0.582. The molecule has 1 heterocycles. The molecule has 1 N–H and O–H groups in total. The Morgan fingerprint density at radius 3 is 3.12 bits per heavy atom. The standard InChI is InChI=1S/C14H25NOS/c1-4-9-17-10-7-15-12-11-6-5-8-16-13(11)14(12,2)3/h4,11-13,15H,1,5-10H2,2-3H3. The van der Waals surface area contributed by atoms with Crippen LogP contribution < -0.4 is 5.32 Å². The van der Waals surface area contributed by atoms with Gasteiger partial charge < -0.3 is 10.1 Å². The summed E-state index contributed by atoms with van der Waals surface area (Å²) >= 11 is 1.95. The van der Waals surface area contributed by atoms with E-state index in [9.17, 15) is 0 Å². The monoisotopic (exact) mass is 255 g/mol. The van der Waals surface area contributed by atoms with Gasteiger partial charge in [-0.25, -0.2) is 0 Å². The van der Waals surface area contributed by atoms with Crippen LogP contribution in [0.15, 0.2) is 12.7 Å². The molecule has 2 rings (SSSR count). The summed E-state index contributed by atoms with van der Waals surface area (Å²) in [6.45, 7) is 10.5. The van der Waals surface area contributed by atoms with Crippen LogP contribution in [0.2, 0.25) is 0 Å². The largest absolute Gasteiger partial charge is 0.377 e. The van der Waals surface area contributed by atoms with Crippen molar-refractivity contribution in [3.05, 3.63) is 12.7 Å². The molecule has 98 valence electrons. The third-order valence-electron chi connectivity index (χ3n) is 4.18. The highest BCUT2D eigenvalue weighted by molar-refractivity contribution is 7.99. The van der Waals surface area contributed by atoms with Crippen molar-refractivity contribution >= 4 is 11.8 Å². The first-order valence-corrected chi connectivity index (χ1v) is 7.87. The summed E-state index contributed by atoms with van der Waals surface area (Å²) in [4.78, 5) is 0. The second-order valence-corrected chi connectivity index (χ2v) is 6.86. The van der Waals surface area contributed by atoms with Gasteiger partial charge in [-0.15, -0.1) is 6.58 Å². The molecule has 3 heteroatoms. The molecule has 2 aliphatic rings. The fourth-order valence-electron chi connectivity index (χ4n) is 3.39. The van der Waals surface area contributed by atoms with Gasteiger partial charge in [0.25, 0.3) is 0 Å². The van der Waals surface area contributed by atoms with Gasteiger partial charge in [0.1, 0.15) is 0 Å². The van der Waals surface area contributed by atoms with E-state index in [0.717, 1.165) is 24.8 Å². The Labute approximate surface area is 110 Å². The van der Waals surface area contributed by atoms with E-state index in [4.69, 9.17) is 4.74 Å². The molecule has 3 atom stereocenters. The lowest BCUT2D eigenvalue weighted by molar-refractivity contribution is -0.192. The molecule has 0 aromatic rings. The first-order valence-electron chi connectivity index (χ1n) is 6.71. The average Bonchev–Trinajstić information content (AvgIpc) is 2.33. The molecule has 1 aliphatic heterocycles. The minimum absolute atomic E-state index is 0.314. The zero-order valence-electron chi connectivity index (χ0n) is 11.1. The van der Waals surface area contributed by atoms with Gasteiger partial charge in [-0.2, -0.15) is 11.8 Å². The first kappa shape index (κ1) is 13.4. The van der Waals surface area contributed by atoms with Crippen molar-refractivity contribution in [1.82, 2.24) is 5.32 Å². The Bertz CT molecular complexity index is 267. The number of fused-ring (bicyclic) bond motifs is 1. The second-order valence-electron chi connectivity index (χ2n) is 5.71. The average molecular weight is 255 g/mol. The molecule has 0 bridgehead atoms. The highest BCUT2D eigenvalue weighted by atomic mass is 32.2. The third-order valence-corrected chi connectivity index (χ3v) is 5.14. The van der Waals surface area contributed by atoms with Crippen molar-refractivity contribution in [2.45, 2.75) is 38.8 Å². The van der Waals surface area contributed by atoms with Crippen molar-refractivity contribution in [3.8, 4) is 0 Å². The molecule has 1 saturated heterocycles. The Hall–Kier alpha value is 0.01000. The van der Waals surface area contributed by atoms with E-state index in [-0.39, 0.29) is 0 Å². The van der Waals surface area contributed by atoms with Crippen LogP contribution in [0, 0.1) is 11.3 Å². The molecule has 3 unspecified atom stereocenters. The lowest BCUT2D eigenvalue weighted by Gasteiger charge is -2.60. The predicted octanol–water partition coefficient (Wildman–Crippen LogP) is 2.70. The summed E-state index contributed by atoms with van der Waals surface area (Å²) in [5, 5.41) is 3.73. The highest BCUT2D eigenvalue weighted by Crippen LogP contribution is 2.51. The molecule has 17 heavy (non-hydrogen) atoms. The van der Waals surface area contributed by atoms with Crippen LogP contribution in [-0.4, -0.2) is 36.8 Å². The SMILES string of the molecule is C=CCSCCNC1C2CCCOC2C1(C)C. The van der Waals surface area contributed by atoms with Crippen LogP contribution in [0.4, 0.5) is 0 Å². The molecule has 2 fully saturated rings. The van der Waals surface area contributed by atoms with Crippen LogP contribution >= 0.6 is 11.8 Å². The Morgan fingerprint density at radius 1 is 1.53 bits per heavy atom. The molecular formula is C14H25NOS. The van der Waals surface area contributed by atoms with Gasteiger partial charge >= 0.3 is 0 Å². The fraction of sp³-hybridized carbons (Fsp3) is 0.857. The molecule has 0 spiro atoms. The van der Waals surface area contributed by atoms with Gasteiger partial charge in [0.05, 0.1) is 6.10 Å². The minimum Gasteiger partial charge on any atom is -0.377 e. The van der Waals surface area contributed by atoms with Gasteiger partial charge in [-0.05, 0) is 12.8 Å². The first-order chi connectivity index (χ1) is 8.18. The summed E-state index contributed by atoms with van der Waals surface area (Å²) in [5.41, 5.74) is 0.314. The van der Waals surface area contributed by atoms with E-state index in [2.05, 4.69) is 25.7 Å². The number of hydrogen-bond acceptors (Lipinski definition) is 3. The number of nitrogens with one attached hydrogen (secondary N) is 1. The summed E-state index contributed by atoms with van der Waals surface area (Å²) in [6, 6.07) is 0.650. The molecule has 1 aliphatic carbocycles. The maximum atomic E-state index is 5.91. The summed E-state index contributed by atoms with van der Waals surface area (Å²) in [6.07, 6.45) is 5.05. The second kappa shape index (κ2) is 5.77. The van der Waals surface area contributed by atoms with Crippen LogP contribution in [0.3, 0.4) is 0 Å². The summed E-state index contributed by atoms with van der Waals surface area (Å²) in [5.74, 6) is 2.99. The van der Waals surface area contributed by atoms with Crippen molar-refractivity contribution < 1.29 is 4.74 Å². The molecule has 0 radical (unpaired) electrons. The minimum atomic E-state index is 0.314. The highest BCUT2D eigenvalue weighted by Gasteiger charge is 2.57. The fourth-order valence-corrected chi connectivity index (χ4v) is 3.99. The van der Waals surface area contributed by atoms with Crippen molar-refractivity contribution in [1.29, 1.82) is 0 Å². The Morgan fingerprint density at radius 2 is 2.35 bits per heavy atom. The van der Waals surface area contributed by atoms with E-state index >= 15 is 0 Å². The molecule has 0 amide bonds. The van der Waals surface area contributed by atoms with Crippen molar-refractivity contribution in [2.24, 2.45) is 11.3 Å². The maximum Gasteiger partial charge on any atom is 0.0684 e. The molecule has 0 aromatic carbocycles. The zero-order valence-corrected chi connectivity index (χ0v) is 11.9. The molecule has 1 saturated carbocycles. The Kier molecular flexibility index (Phi) is 4.56. The lowest BCUT2D eigenvalue weighted by Crippen LogP contribution is -2.69. The lowest BCUT2D eigenvalue weighted by atomic mass is 9.55. The topological polar surface area (TPSA) is 21.3 Å². The van der Waals surface area contributed by atoms with Gasteiger partial charge in [-0.3, -0.25) is 0 Å². The van der Waals surface area contributed by atoms with Gasteiger partial charge in [-0.1, -0.05) is 19.9 Å². The Balaban J connectivity index is 1.74. The normalized spacial score (nSPS) is 34.8. The van der Waals surface area contributed by atoms with Crippen LogP contribution in [0.5, 0.6) is 0 Å². The van der Waals surface area contributed by atoms with Crippen LogP contribution in [0.25, 0.3) is 0 Å². The van der Waals surface area contributed by atoms with E-state index in [1.54, 1.807) is 0 Å². The van der Waals surface area contributed by atoms with Crippen molar-refractivity contribution in [2.75, 3.05) is 24.7 Å². The third kappa shape index (κ3) is 2.72. The number of rotatable bonds is 6. The summed E-state index contributed by atoms with van der Waals surface area (Å²) in [7, 11) is 0. The van der Waals surface area contributed by atoms with Crippen LogP contribution in [-0.2, 0) is 4.74 Å². The van der Waals surface area contributed by atoms with E-state index < -0.39 is 0 Å². The van der Waals surface area contributed by atoms with Gasteiger partial charge in [0, 0.05) is 42.0 Å². The molecule has 2 nitrogen and oxygen atoms in total. The van der Waals surface area contributed by atoms with E-state index in [1.165, 1.54) is 18.6 Å². The number of thioether (sulfide) groups is 1. The van der Waals surface area contributed by atoms with E-state index in [0.29, 0.717) is 17.6 Å². The van der Waals surface area contributed by atoms with E-state index in [1.807, 2.05) is 17.8 Å². The van der Waals surface area contributed by atoms with Gasteiger partial charge in [0.2, 0.25) is 0 Å². The van der Waals surface area contributed by atoms with Crippen molar-refractivity contribution in [3.63, 3.8) is 0 Å². The summed E-state index contributed by atoms with van der Waals surface area (Å²) < 4.78 is 5.91. The van der Waals surface area contributed by atoms with Crippen LogP contribution in [0.1, 0.15) is 26.7 Å². The van der Waals surface area contributed by atoms with Gasteiger partial charge in [0.15, 0.2) is 0 Å². The molecular weight excluding hydrogens is 230 g/mol. The molecule has 0 aromatic heterocycles. The predicted molar refractivity (Wildman–Crippen MR) is 75.6 cm³/mol.